The molecule has 4 rings (SSSR count). The van der Waals surface area contributed by atoms with Gasteiger partial charge in [0.15, 0.2) is 0 Å². The summed E-state index contributed by atoms with van der Waals surface area (Å²) in [5, 5.41) is 5.92. The maximum absolute atomic E-state index is 8.19. The Bertz CT molecular complexity index is 1520. The van der Waals surface area contributed by atoms with Crippen LogP contribution in [0.4, 0.5) is 0 Å². The van der Waals surface area contributed by atoms with E-state index in [4.69, 9.17) is 4.12 Å². The van der Waals surface area contributed by atoms with E-state index in [9.17, 15) is 0 Å². The number of rotatable bonds is 30. The van der Waals surface area contributed by atoms with Gasteiger partial charge in [0, 0.05) is 0 Å². The first-order valence-corrected chi connectivity index (χ1v) is 28.3. The minimum atomic E-state index is -2.14. The topological polar surface area (TPSA) is 9.23 Å². The van der Waals surface area contributed by atoms with Crippen LogP contribution < -0.4 is 20.7 Å². The molecule has 0 aliphatic rings. The van der Waals surface area contributed by atoms with E-state index in [0.29, 0.717) is 0 Å². The number of benzene rings is 4. The second-order valence-corrected chi connectivity index (χ2v) is 23.1. The average Bonchev–Trinajstić information content (AvgIpc) is 3.27. The molecule has 0 heterocycles. The van der Waals surface area contributed by atoms with Crippen molar-refractivity contribution in [2.75, 3.05) is 0 Å². The van der Waals surface area contributed by atoms with Crippen LogP contribution in [-0.4, -0.2) is 18.1 Å². The van der Waals surface area contributed by atoms with Gasteiger partial charge in [0.25, 0.3) is 0 Å². The van der Waals surface area contributed by atoms with Crippen LogP contribution >= 0.6 is 0 Å². The van der Waals surface area contributed by atoms with E-state index in [-0.39, 0.29) is 0 Å². The van der Waals surface area contributed by atoms with Gasteiger partial charge in [-0.3, -0.25) is 0 Å². The molecule has 0 unspecified atom stereocenters. The van der Waals surface area contributed by atoms with Crippen LogP contribution in [0.2, 0.25) is 0 Å². The van der Waals surface area contributed by atoms with Crippen molar-refractivity contribution >= 4 is 38.8 Å². The zero-order chi connectivity index (χ0) is 42.2. The summed E-state index contributed by atoms with van der Waals surface area (Å²) in [6.07, 6.45) is 29.3. The van der Waals surface area contributed by atoms with E-state index in [2.05, 4.69) is 128 Å². The van der Waals surface area contributed by atoms with Gasteiger partial charge < -0.3 is 4.12 Å². The number of hydrogen-bond acceptors (Lipinski definition) is 1. The van der Waals surface area contributed by atoms with Crippen molar-refractivity contribution in [1.29, 1.82) is 0 Å². The van der Waals surface area contributed by atoms with Crippen molar-refractivity contribution in [2.45, 2.75) is 209 Å². The molecule has 0 aliphatic carbocycles. The zero-order valence-electron chi connectivity index (χ0n) is 39.5. The summed E-state index contributed by atoms with van der Waals surface area (Å²) < 4.78 is 8.19. The van der Waals surface area contributed by atoms with Crippen LogP contribution in [0.5, 0.6) is 0 Å². The Balaban J connectivity index is 1.99. The van der Waals surface area contributed by atoms with Crippen LogP contribution in [0.1, 0.15) is 203 Å². The molecule has 0 fully saturated rings. The summed E-state index contributed by atoms with van der Waals surface area (Å²) in [4.78, 5) is 0. The average molecular weight is 831 g/mol. The van der Waals surface area contributed by atoms with Gasteiger partial charge in [-0.05, 0) is 168 Å². The molecule has 4 aromatic carbocycles. The molecule has 0 amide bonds. The SMILES string of the molecule is CCCCc1ccc([SiH](O[SiH](c2ccc(CCCC)c(CCCC)c2)c2ccc(CCCC)c(CCCC)c2)c2ccc(CCCC)c(CCCC)c2)cc1CCCC. The Morgan fingerprint density at radius 3 is 0.644 bits per heavy atom. The first kappa shape index (κ1) is 48.9. The molecule has 0 saturated heterocycles. The van der Waals surface area contributed by atoms with Gasteiger partial charge in [-0.1, -0.05) is 180 Å². The predicted molar refractivity (Wildman–Crippen MR) is 269 cm³/mol. The number of unbranched alkanes of at least 4 members (excludes halogenated alkanes) is 8. The van der Waals surface area contributed by atoms with Gasteiger partial charge in [0.2, 0.25) is 18.1 Å². The summed E-state index contributed by atoms with van der Waals surface area (Å²) >= 11 is 0. The molecule has 0 aliphatic heterocycles. The van der Waals surface area contributed by atoms with Gasteiger partial charge >= 0.3 is 0 Å². The van der Waals surface area contributed by atoms with E-state index < -0.39 is 18.1 Å². The molecule has 0 N–H and O–H groups in total. The summed E-state index contributed by atoms with van der Waals surface area (Å²) in [5.74, 6) is 0. The Hall–Kier alpha value is -2.73. The molecule has 4 aromatic rings. The standard InChI is InChI=1S/C56H86OSi2/c1-9-17-25-45-33-37-53(41-49(45)29-21-13-5)58(54-38-34-46(26-18-10-2)50(42-54)30-22-14-6)57-59(55-39-35-47(27-19-11-3)51(43-55)31-23-15-7)56-40-36-48(28-20-12-4)52(44-56)32-24-16-8/h33-44,58-59H,9-32H2,1-8H3. The lowest BCUT2D eigenvalue weighted by Gasteiger charge is -2.28. The number of hydrogen-bond donors (Lipinski definition) is 0. The number of aryl methyl sites for hydroxylation is 8. The smallest absolute Gasteiger partial charge is 0.228 e. The molecule has 0 radical (unpaired) electrons. The molecule has 0 aromatic heterocycles. The summed E-state index contributed by atoms with van der Waals surface area (Å²) in [7, 11) is -4.29. The van der Waals surface area contributed by atoms with Crippen LogP contribution in [0.15, 0.2) is 72.8 Å². The van der Waals surface area contributed by atoms with Gasteiger partial charge in [0.1, 0.15) is 0 Å². The molecule has 59 heavy (non-hydrogen) atoms. The molecule has 324 valence electrons. The quantitative estimate of drug-likeness (QED) is 0.0476. The van der Waals surface area contributed by atoms with Crippen molar-refractivity contribution in [3.05, 3.63) is 117 Å². The third-order valence-electron chi connectivity index (χ3n) is 12.8. The van der Waals surface area contributed by atoms with Crippen LogP contribution in [-0.2, 0) is 55.5 Å². The molecule has 0 atom stereocenters. The summed E-state index contributed by atoms with van der Waals surface area (Å²) in [6.45, 7) is 18.7. The lowest BCUT2D eigenvalue weighted by atomic mass is 9.98. The van der Waals surface area contributed by atoms with E-state index >= 15 is 0 Å². The fourth-order valence-corrected chi connectivity index (χ4v) is 15.8. The molecule has 0 saturated carbocycles. The van der Waals surface area contributed by atoms with Crippen molar-refractivity contribution in [3.8, 4) is 0 Å². The molecule has 0 bridgehead atoms. The molecule has 3 heteroatoms. The highest BCUT2D eigenvalue weighted by Crippen LogP contribution is 2.21. The van der Waals surface area contributed by atoms with E-state index in [0.717, 1.165) is 0 Å². The monoisotopic (exact) mass is 831 g/mol. The second kappa shape index (κ2) is 28.0. The Morgan fingerprint density at radius 2 is 0.458 bits per heavy atom. The summed E-state index contributed by atoms with van der Waals surface area (Å²) in [5.41, 5.74) is 12.6. The lowest BCUT2D eigenvalue weighted by molar-refractivity contribution is 0.632. The van der Waals surface area contributed by atoms with Crippen LogP contribution in [0.3, 0.4) is 0 Å². The van der Waals surface area contributed by atoms with E-state index in [1.807, 2.05) is 0 Å². The van der Waals surface area contributed by atoms with Gasteiger partial charge in [0.05, 0.1) is 0 Å². The fraction of sp³-hybridized carbons (Fsp3) is 0.571. The largest absolute Gasteiger partial charge is 0.446 e. The minimum Gasteiger partial charge on any atom is -0.446 e. The Morgan fingerprint density at radius 1 is 0.271 bits per heavy atom. The van der Waals surface area contributed by atoms with Crippen molar-refractivity contribution in [2.24, 2.45) is 0 Å². The third-order valence-corrected chi connectivity index (χ3v) is 18.8. The third kappa shape index (κ3) is 15.3. The first-order valence-electron chi connectivity index (χ1n) is 25.1. The summed E-state index contributed by atoms with van der Waals surface area (Å²) in [6, 6.07) is 30.7. The zero-order valence-corrected chi connectivity index (χ0v) is 41.8. The van der Waals surface area contributed by atoms with E-state index in [1.165, 1.54) is 175 Å². The second-order valence-electron chi connectivity index (χ2n) is 17.8. The fourth-order valence-electron chi connectivity index (χ4n) is 8.92. The van der Waals surface area contributed by atoms with Gasteiger partial charge in [-0.15, -0.1) is 0 Å². The van der Waals surface area contributed by atoms with Gasteiger partial charge in [-0.2, -0.15) is 0 Å². The minimum absolute atomic E-state index is 1.17. The van der Waals surface area contributed by atoms with Gasteiger partial charge in [-0.25, -0.2) is 0 Å². The predicted octanol–water partition coefficient (Wildman–Crippen LogP) is 12.8. The normalized spacial score (nSPS) is 11.7. The highest BCUT2D eigenvalue weighted by atomic mass is 28.4. The lowest BCUT2D eigenvalue weighted by Crippen LogP contribution is -2.56. The first-order chi connectivity index (χ1) is 28.9. The molecule has 1 nitrogen and oxygen atoms in total. The molecular weight excluding hydrogens is 745 g/mol. The molecule has 0 spiro atoms. The molecular formula is C56H86OSi2. The highest BCUT2D eigenvalue weighted by Gasteiger charge is 2.29. The van der Waals surface area contributed by atoms with Crippen LogP contribution in [0, 0.1) is 0 Å². The van der Waals surface area contributed by atoms with Crippen molar-refractivity contribution in [3.63, 3.8) is 0 Å². The van der Waals surface area contributed by atoms with Crippen molar-refractivity contribution in [1.82, 2.24) is 0 Å². The Labute approximate surface area is 368 Å². The maximum atomic E-state index is 8.19. The highest BCUT2D eigenvalue weighted by molar-refractivity contribution is 6.91. The maximum Gasteiger partial charge on any atom is 0.228 e. The van der Waals surface area contributed by atoms with Crippen molar-refractivity contribution < 1.29 is 4.12 Å². The Kier molecular flexibility index (Phi) is 23.2. The van der Waals surface area contributed by atoms with E-state index in [1.54, 1.807) is 44.5 Å². The van der Waals surface area contributed by atoms with Crippen LogP contribution in [0.25, 0.3) is 0 Å².